The summed E-state index contributed by atoms with van der Waals surface area (Å²) in [5, 5.41) is 31.9. The first-order valence-corrected chi connectivity index (χ1v) is 10.7. The van der Waals surface area contributed by atoms with Gasteiger partial charge in [-0.1, -0.05) is 13.0 Å². The van der Waals surface area contributed by atoms with Gasteiger partial charge in [0.05, 0.1) is 30.8 Å². The maximum atomic E-state index is 12.5. The van der Waals surface area contributed by atoms with Crippen LogP contribution in [0.5, 0.6) is 0 Å². The van der Waals surface area contributed by atoms with Gasteiger partial charge in [0.15, 0.2) is 0 Å². The Bertz CT molecular complexity index is 810. The molecule has 9 heteroatoms. The predicted molar refractivity (Wildman–Crippen MR) is 106 cm³/mol. The van der Waals surface area contributed by atoms with Crippen molar-refractivity contribution >= 4 is 11.9 Å². The third kappa shape index (κ3) is 3.16. The number of esters is 2. The molecule has 1 saturated carbocycles. The number of fused-ring (bicyclic) bond motifs is 2. The van der Waals surface area contributed by atoms with E-state index < -0.39 is 64.5 Å². The lowest BCUT2D eigenvalue weighted by atomic mass is 9.51. The van der Waals surface area contributed by atoms with Crippen LogP contribution in [0.3, 0.4) is 0 Å². The Morgan fingerprint density at radius 3 is 2.52 bits per heavy atom. The second kappa shape index (κ2) is 6.99. The van der Waals surface area contributed by atoms with Crippen LogP contribution in [0, 0.1) is 10.8 Å². The van der Waals surface area contributed by atoms with E-state index >= 15 is 0 Å². The zero-order chi connectivity index (χ0) is 23.0. The summed E-state index contributed by atoms with van der Waals surface area (Å²) >= 11 is 0. The van der Waals surface area contributed by atoms with Gasteiger partial charge >= 0.3 is 11.9 Å². The van der Waals surface area contributed by atoms with E-state index in [-0.39, 0.29) is 19.4 Å². The van der Waals surface area contributed by atoms with E-state index in [0.29, 0.717) is 6.61 Å². The Labute approximate surface area is 181 Å². The first kappa shape index (κ1) is 22.7. The highest BCUT2D eigenvalue weighted by Gasteiger charge is 2.85. The lowest BCUT2D eigenvalue weighted by Gasteiger charge is -2.58. The SMILES string of the molecule is CC(=O)OC[C@@]12C[C@H](OC(=O)CC(C)(C)O)C(C)=C[C@@H]1O[C@H]1[C@@H](O)[C@H](O)[C@]2(C)C12CO2. The van der Waals surface area contributed by atoms with Crippen LogP contribution < -0.4 is 0 Å². The summed E-state index contributed by atoms with van der Waals surface area (Å²) in [5.41, 5.74) is -3.37. The maximum absolute atomic E-state index is 12.5. The van der Waals surface area contributed by atoms with Crippen LogP contribution in [0.15, 0.2) is 11.6 Å². The molecule has 3 N–H and O–H groups in total. The molecule has 2 bridgehead atoms. The summed E-state index contributed by atoms with van der Waals surface area (Å²) in [6, 6.07) is 0. The van der Waals surface area contributed by atoms with Gasteiger partial charge in [-0.25, -0.2) is 0 Å². The third-order valence-electron chi connectivity index (χ3n) is 7.75. The van der Waals surface area contributed by atoms with Crippen molar-refractivity contribution in [2.75, 3.05) is 13.2 Å². The van der Waals surface area contributed by atoms with Crippen LogP contribution in [0.1, 0.15) is 47.5 Å². The van der Waals surface area contributed by atoms with Gasteiger partial charge in [-0.05, 0) is 26.3 Å². The molecule has 0 radical (unpaired) electrons. The van der Waals surface area contributed by atoms with Crippen LogP contribution in [-0.4, -0.2) is 82.2 Å². The molecular weight excluding hydrogens is 408 g/mol. The molecule has 0 amide bonds. The Balaban J connectivity index is 1.73. The quantitative estimate of drug-likeness (QED) is 0.312. The molecule has 3 fully saturated rings. The van der Waals surface area contributed by atoms with Gasteiger partial charge in [0.2, 0.25) is 0 Å². The summed E-state index contributed by atoms with van der Waals surface area (Å²) in [5.74, 6) is -1.05. The molecule has 2 aliphatic carbocycles. The standard InChI is InChI=1S/C22H32O9/c1-11-6-14-21(9-28-12(2)23,7-13(11)30-15(24)8-19(3,4)27)20(5)17(26)16(25)18(31-14)22(20)10-29-22/h6,13-14,16-18,25-27H,7-10H2,1-5H3/t13-,14-,16-,17-,18-,20-,21-,22?/m0/s1. The molecule has 4 rings (SSSR count). The fraction of sp³-hybridized carbons (Fsp3) is 0.818. The number of carbonyl (C=O) groups excluding carboxylic acids is 2. The van der Waals surface area contributed by atoms with E-state index in [1.807, 2.05) is 19.9 Å². The Morgan fingerprint density at radius 2 is 1.97 bits per heavy atom. The fourth-order valence-corrected chi connectivity index (χ4v) is 5.94. The third-order valence-corrected chi connectivity index (χ3v) is 7.75. The molecule has 4 aliphatic rings. The molecule has 1 unspecified atom stereocenters. The Hall–Kier alpha value is -1.52. The molecule has 174 valence electrons. The normalized spacial score (nSPS) is 45.7. The summed E-state index contributed by atoms with van der Waals surface area (Å²) in [7, 11) is 0. The lowest BCUT2D eigenvalue weighted by molar-refractivity contribution is -0.239. The topological polar surface area (TPSA) is 135 Å². The fourth-order valence-electron chi connectivity index (χ4n) is 5.94. The van der Waals surface area contributed by atoms with Crippen molar-refractivity contribution in [3.8, 4) is 0 Å². The second-order valence-electron chi connectivity index (χ2n) is 10.3. The zero-order valence-electron chi connectivity index (χ0n) is 18.6. The highest BCUT2D eigenvalue weighted by Crippen LogP contribution is 2.71. The van der Waals surface area contributed by atoms with Crippen molar-refractivity contribution in [3.05, 3.63) is 11.6 Å². The van der Waals surface area contributed by atoms with Gasteiger partial charge in [0, 0.05) is 24.2 Å². The van der Waals surface area contributed by atoms with E-state index in [1.54, 1.807) is 0 Å². The number of hydrogen-bond acceptors (Lipinski definition) is 9. The van der Waals surface area contributed by atoms with Gasteiger partial charge < -0.3 is 34.3 Å². The van der Waals surface area contributed by atoms with Crippen LogP contribution in [0.25, 0.3) is 0 Å². The van der Waals surface area contributed by atoms with E-state index in [0.717, 1.165) is 5.57 Å². The van der Waals surface area contributed by atoms with Crippen molar-refractivity contribution in [2.24, 2.45) is 10.8 Å². The highest BCUT2D eigenvalue weighted by molar-refractivity contribution is 5.71. The summed E-state index contributed by atoms with van der Waals surface area (Å²) < 4.78 is 23.2. The average Bonchev–Trinajstić information content (AvgIpc) is 3.42. The molecule has 0 aromatic rings. The predicted octanol–water partition coefficient (Wildman–Crippen LogP) is 0.237. The summed E-state index contributed by atoms with van der Waals surface area (Å²) in [6.45, 7) is 8.21. The largest absolute Gasteiger partial charge is 0.465 e. The van der Waals surface area contributed by atoms with Crippen LogP contribution in [0.2, 0.25) is 0 Å². The van der Waals surface area contributed by atoms with Gasteiger partial charge in [0.25, 0.3) is 0 Å². The number of ether oxygens (including phenoxy) is 4. The second-order valence-corrected chi connectivity index (χ2v) is 10.3. The number of carbonyl (C=O) groups is 2. The molecule has 31 heavy (non-hydrogen) atoms. The smallest absolute Gasteiger partial charge is 0.309 e. The number of aliphatic hydroxyl groups is 3. The molecule has 0 aromatic carbocycles. The molecule has 0 aromatic heterocycles. The molecular formula is C22H32O9. The summed E-state index contributed by atoms with van der Waals surface area (Å²) in [4.78, 5) is 24.2. The monoisotopic (exact) mass is 440 g/mol. The minimum Gasteiger partial charge on any atom is -0.465 e. The number of rotatable bonds is 5. The molecule has 9 nitrogen and oxygen atoms in total. The molecule has 2 heterocycles. The Morgan fingerprint density at radius 1 is 1.32 bits per heavy atom. The van der Waals surface area contributed by atoms with Crippen LogP contribution in [-0.2, 0) is 28.5 Å². The zero-order valence-corrected chi connectivity index (χ0v) is 18.6. The van der Waals surface area contributed by atoms with Crippen molar-refractivity contribution in [2.45, 2.75) is 89.2 Å². The number of aliphatic hydroxyl groups excluding tert-OH is 2. The van der Waals surface area contributed by atoms with Gasteiger partial charge in [-0.2, -0.15) is 0 Å². The number of epoxide rings is 1. The first-order valence-electron chi connectivity index (χ1n) is 10.7. The number of hydrogen-bond donors (Lipinski definition) is 3. The van der Waals surface area contributed by atoms with E-state index in [4.69, 9.17) is 18.9 Å². The van der Waals surface area contributed by atoms with Crippen molar-refractivity contribution < 1.29 is 43.9 Å². The molecule has 1 spiro atoms. The van der Waals surface area contributed by atoms with Crippen LogP contribution in [0.4, 0.5) is 0 Å². The van der Waals surface area contributed by atoms with Gasteiger partial charge in [-0.15, -0.1) is 0 Å². The first-order chi connectivity index (χ1) is 14.3. The van der Waals surface area contributed by atoms with Crippen molar-refractivity contribution in [3.63, 3.8) is 0 Å². The van der Waals surface area contributed by atoms with E-state index in [1.165, 1.54) is 20.8 Å². The highest BCUT2D eigenvalue weighted by atomic mass is 16.6. The van der Waals surface area contributed by atoms with E-state index in [2.05, 4.69) is 0 Å². The minimum absolute atomic E-state index is 0.0889. The van der Waals surface area contributed by atoms with Crippen molar-refractivity contribution in [1.82, 2.24) is 0 Å². The van der Waals surface area contributed by atoms with Gasteiger partial charge in [-0.3, -0.25) is 9.59 Å². The van der Waals surface area contributed by atoms with Crippen LogP contribution >= 0.6 is 0 Å². The molecule has 8 atom stereocenters. The Kier molecular flexibility index (Phi) is 5.11. The lowest BCUT2D eigenvalue weighted by Crippen LogP contribution is -2.67. The minimum atomic E-state index is -1.22. The summed E-state index contributed by atoms with van der Waals surface area (Å²) in [6.07, 6.45) is -2.43. The van der Waals surface area contributed by atoms with E-state index in [9.17, 15) is 24.9 Å². The van der Waals surface area contributed by atoms with Crippen molar-refractivity contribution in [1.29, 1.82) is 0 Å². The average molecular weight is 440 g/mol. The van der Waals surface area contributed by atoms with Gasteiger partial charge in [0.1, 0.15) is 30.5 Å². The molecule has 2 saturated heterocycles. The molecule has 2 aliphatic heterocycles. The maximum Gasteiger partial charge on any atom is 0.309 e.